The van der Waals surface area contributed by atoms with Crippen molar-refractivity contribution in [1.82, 2.24) is 5.43 Å². The van der Waals surface area contributed by atoms with Crippen LogP contribution < -0.4 is 23.3 Å². The lowest BCUT2D eigenvalue weighted by atomic mass is 9.89. The number of hydrogen-bond acceptors (Lipinski definition) is 1. The Morgan fingerprint density at radius 2 is 1.76 bits per heavy atom. The molecule has 17 heavy (non-hydrogen) atoms. The first-order chi connectivity index (χ1) is 7.86. The van der Waals surface area contributed by atoms with E-state index < -0.39 is 0 Å². The standard InChI is InChI=1S/C13H18N2O.ClH/c16-13(11-7-3-1-4-8-11)15-14-12-9-5-2-6-10-12;/h2,5-6,9-11,14H,1,3-4,7-8H2,(H,15,16);1H. The van der Waals surface area contributed by atoms with E-state index in [-0.39, 0.29) is 24.2 Å². The fourth-order valence-corrected chi connectivity index (χ4v) is 2.19. The molecule has 0 radical (unpaired) electrons. The molecule has 4 heteroatoms. The number of nitrogens with one attached hydrogen (secondary N) is 1. The van der Waals surface area contributed by atoms with Crippen molar-refractivity contribution < 1.29 is 22.6 Å². The van der Waals surface area contributed by atoms with Crippen LogP contribution in [0, 0.1) is 5.92 Å². The van der Waals surface area contributed by atoms with Crippen LogP contribution in [0.25, 0.3) is 0 Å². The summed E-state index contributed by atoms with van der Waals surface area (Å²) in [5, 5.41) is 0. The number of rotatable bonds is 3. The predicted octanol–water partition coefficient (Wildman–Crippen LogP) is -1.50. The molecule has 1 amide bonds. The molecule has 1 saturated carbocycles. The van der Waals surface area contributed by atoms with Crippen molar-refractivity contribution in [2.24, 2.45) is 5.92 Å². The first kappa shape index (κ1) is 14.0. The van der Waals surface area contributed by atoms with Gasteiger partial charge in [0.15, 0.2) is 5.69 Å². The maximum atomic E-state index is 11.8. The van der Waals surface area contributed by atoms with Crippen LogP contribution in [0.2, 0.25) is 0 Å². The van der Waals surface area contributed by atoms with Crippen molar-refractivity contribution in [2.75, 3.05) is 0 Å². The Kier molecular flexibility index (Phi) is 6.01. The minimum absolute atomic E-state index is 0. The van der Waals surface area contributed by atoms with Gasteiger partial charge in [0.1, 0.15) is 0 Å². The van der Waals surface area contributed by atoms with Crippen molar-refractivity contribution in [1.29, 1.82) is 0 Å². The predicted molar refractivity (Wildman–Crippen MR) is 62.7 cm³/mol. The molecule has 0 bridgehead atoms. The van der Waals surface area contributed by atoms with E-state index in [1.165, 1.54) is 19.3 Å². The molecule has 0 saturated heterocycles. The number of nitrogens with two attached hydrogens (primary N) is 1. The molecule has 0 aliphatic heterocycles. The van der Waals surface area contributed by atoms with Crippen LogP contribution >= 0.6 is 0 Å². The summed E-state index contributed by atoms with van der Waals surface area (Å²) in [6.45, 7) is 0. The van der Waals surface area contributed by atoms with Crippen LogP contribution in [0.3, 0.4) is 0 Å². The van der Waals surface area contributed by atoms with Gasteiger partial charge in [-0.1, -0.05) is 37.5 Å². The third-order valence-corrected chi connectivity index (χ3v) is 3.16. The van der Waals surface area contributed by atoms with Crippen LogP contribution in [-0.2, 0) is 4.79 Å². The zero-order valence-electron chi connectivity index (χ0n) is 9.86. The van der Waals surface area contributed by atoms with E-state index in [0.29, 0.717) is 0 Å². The van der Waals surface area contributed by atoms with Crippen molar-refractivity contribution in [3.8, 4) is 0 Å². The molecule has 0 unspecified atom stereocenters. The lowest BCUT2D eigenvalue weighted by Crippen LogP contribution is -3.00. The van der Waals surface area contributed by atoms with Gasteiger partial charge >= 0.3 is 0 Å². The molecule has 1 fully saturated rings. The molecule has 1 aromatic carbocycles. The Labute approximate surface area is 108 Å². The van der Waals surface area contributed by atoms with Gasteiger partial charge in [0.25, 0.3) is 5.91 Å². The van der Waals surface area contributed by atoms with Gasteiger partial charge in [-0.15, -0.1) is 0 Å². The molecule has 3 N–H and O–H groups in total. The highest BCUT2D eigenvalue weighted by Gasteiger charge is 2.21. The van der Waals surface area contributed by atoms with E-state index in [2.05, 4.69) is 5.43 Å². The fourth-order valence-electron chi connectivity index (χ4n) is 2.19. The molecular formula is C13H19ClN2O. The van der Waals surface area contributed by atoms with E-state index in [1.807, 2.05) is 30.3 Å². The third kappa shape index (κ3) is 4.36. The Morgan fingerprint density at radius 3 is 2.41 bits per heavy atom. The Bertz CT molecular complexity index is 337. The zero-order valence-corrected chi connectivity index (χ0v) is 10.6. The number of carbonyl (C=O) groups is 1. The number of carbonyl (C=O) groups excluding carboxylic acids is 1. The quantitative estimate of drug-likeness (QED) is 0.293. The summed E-state index contributed by atoms with van der Waals surface area (Å²) in [5.74, 6) is 0.414. The van der Waals surface area contributed by atoms with Gasteiger partial charge in [-0.3, -0.25) is 4.79 Å². The first-order valence-corrected chi connectivity index (χ1v) is 6.05. The number of halogens is 1. The van der Waals surface area contributed by atoms with Crippen molar-refractivity contribution in [2.45, 2.75) is 32.1 Å². The third-order valence-electron chi connectivity index (χ3n) is 3.16. The van der Waals surface area contributed by atoms with Crippen LogP contribution in [0.4, 0.5) is 5.69 Å². The minimum Gasteiger partial charge on any atom is -1.00 e. The lowest BCUT2D eigenvalue weighted by Gasteiger charge is -2.19. The average molecular weight is 255 g/mol. The summed E-state index contributed by atoms with van der Waals surface area (Å²) in [6.07, 6.45) is 5.78. The van der Waals surface area contributed by atoms with Gasteiger partial charge in [-0.05, 0) is 12.8 Å². The van der Waals surface area contributed by atoms with E-state index in [0.717, 1.165) is 18.5 Å². The number of para-hydroxylation sites is 1. The van der Waals surface area contributed by atoms with Crippen LogP contribution in [0.1, 0.15) is 32.1 Å². The molecule has 1 aromatic rings. The first-order valence-electron chi connectivity index (χ1n) is 6.05. The van der Waals surface area contributed by atoms with Crippen LogP contribution in [0.5, 0.6) is 0 Å². The summed E-state index contributed by atoms with van der Waals surface area (Å²) in [4.78, 5) is 11.8. The Balaban J connectivity index is 0.00000144. The molecule has 0 heterocycles. The number of benzene rings is 1. The molecule has 0 aromatic heterocycles. The van der Waals surface area contributed by atoms with Gasteiger partial charge in [0.2, 0.25) is 0 Å². The highest BCUT2D eigenvalue weighted by atomic mass is 35.5. The topological polar surface area (TPSA) is 45.7 Å². The summed E-state index contributed by atoms with van der Waals surface area (Å²) < 4.78 is 0. The summed E-state index contributed by atoms with van der Waals surface area (Å²) >= 11 is 0. The second-order valence-electron chi connectivity index (χ2n) is 4.40. The Hall–Kier alpha value is -1.06. The normalized spacial score (nSPS) is 16.0. The largest absolute Gasteiger partial charge is 1.00 e. The zero-order chi connectivity index (χ0) is 11.2. The van der Waals surface area contributed by atoms with Crippen LogP contribution in [-0.4, -0.2) is 5.91 Å². The molecule has 1 aliphatic carbocycles. The van der Waals surface area contributed by atoms with Gasteiger partial charge in [-0.2, -0.15) is 5.43 Å². The van der Waals surface area contributed by atoms with E-state index in [9.17, 15) is 4.79 Å². The maximum Gasteiger partial charge on any atom is 0.268 e. The Morgan fingerprint density at radius 1 is 1.12 bits per heavy atom. The SMILES string of the molecule is O=C(N[NH2+]c1ccccc1)C1CCCCC1.[Cl-]. The number of amides is 1. The van der Waals surface area contributed by atoms with E-state index in [4.69, 9.17) is 0 Å². The molecule has 2 rings (SSSR count). The highest BCUT2D eigenvalue weighted by molar-refractivity contribution is 5.77. The second-order valence-corrected chi connectivity index (χ2v) is 4.40. The molecule has 0 spiro atoms. The summed E-state index contributed by atoms with van der Waals surface area (Å²) in [6, 6.07) is 9.89. The molecule has 94 valence electrons. The van der Waals surface area contributed by atoms with E-state index >= 15 is 0 Å². The highest BCUT2D eigenvalue weighted by Crippen LogP contribution is 2.23. The summed E-state index contributed by atoms with van der Waals surface area (Å²) in [7, 11) is 0. The van der Waals surface area contributed by atoms with Crippen molar-refractivity contribution in [3.05, 3.63) is 30.3 Å². The molecule has 0 atom stereocenters. The van der Waals surface area contributed by atoms with Gasteiger partial charge in [-0.25, -0.2) is 5.43 Å². The minimum atomic E-state index is 0. The second kappa shape index (κ2) is 7.30. The number of hydrogen-bond donors (Lipinski definition) is 2. The van der Waals surface area contributed by atoms with Gasteiger partial charge in [0.05, 0.1) is 0 Å². The van der Waals surface area contributed by atoms with Crippen molar-refractivity contribution in [3.63, 3.8) is 0 Å². The summed E-state index contributed by atoms with van der Waals surface area (Å²) in [5.41, 5.74) is 5.76. The van der Waals surface area contributed by atoms with E-state index in [1.54, 1.807) is 5.43 Å². The maximum absolute atomic E-state index is 11.8. The van der Waals surface area contributed by atoms with Crippen LogP contribution in [0.15, 0.2) is 30.3 Å². The van der Waals surface area contributed by atoms with Crippen molar-refractivity contribution >= 4 is 11.6 Å². The lowest BCUT2D eigenvalue weighted by molar-refractivity contribution is -0.620. The molecule has 3 nitrogen and oxygen atoms in total. The van der Waals surface area contributed by atoms with Gasteiger partial charge < -0.3 is 12.4 Å². The monoisotopic (exact) mass is 254 g/mol. The average Bonchev–Trinajstić information content (AvgIpc) is 2.38. The smallest absolute Gasteiger partial charge is 0.268 e. The molecular weight excluding hydrogens is 236 g/mol. The molecule has 1 aliphatic rings. The number of quaternary nitrogens is 1. The van der Waals surface area contributed by atoms with Gasteiger partial charge in [0, 0.05) is 18.1 Å². The fraction of sp³-hybridized carbons (Fsp3) is 0.462.